The van der Waals surface area contributed by atoms with Crippen molar-refractivity contribution < 1.29 is 9.53 Å². The lowest BCUT2D eigenvalue weighted by Crippen LogP contribution is -2.15. The minimum atomic E-state index is -0.214. The van der Waals surface area contributed by atoms with Gasteiger partial charge in [0, 0.05) is 10.6 Å². The molecule has 2 aromatic heterocycles. The van der Waals surface area contributed by atoms with Gasteiger partial charge in [0.2, 0.25) is 11.1 Å². The highest BCUT2D eigenvalue weighted by Crippen LogP contribution is 2.28. The fraction of sp³-hybridized carbons (Fsp3) is 0.182. The van der Waals surface area contributed by atoms with E-state index in [1.54, 1.807) is 22.7 Å². The number of carbonyl (C=O) groups excluding carboxylic acids is 1. The van der Waals surface area contributed by atoms with Gasteiger partial charge in [-0.05, 0) is 42.3 Å². The molecule has 0 atom stereocenters. The van der Waals surface area contributed by atoms with Crippen LogP contribution in [0.1, 0.15) is 12.5 Å². The molecule has 0 spiro atoms. The summed E-state index contributed by atoms with van der Waals surface area (Å²) in [5.74, 6) is 0.456. The van der Waals surface area contributed by atoms with Crippen LogP contribution in [0.15, 0.2) is 59.8 Å². The highest BCUT2D eigenvalue weighted by atomic mass is 35.5. The maximum Gasteiger partial charge on any atom is 0.234 e. The number of amides is 1. The van der Waals surface area contributed by atoms with Crippen LogP contribution < -0.4 is 10.1 Å². The Morgan fingerprint density at radius 3 is 2.68 bits per heavy atom. The zero-order valence-corrected chi connectivity index (χ0v) is 18.6. The van der Waals surface area contributed by atoms with Crippen LogP contribution in [0.2, 0.25) is 5.02 Å². The lowest BCUT2D eigenvalue weighted by molar-refractivity contribution is -0.113. The SMILES string of the molecule is CCc1ccc(-c2ccc3nnc(SCC(=O)Nc4cc(Cl)ccc4OC)n3n2)cc1. The monoisotopic (exact) mass is 453 g/mol. The molecule has 0 fully saturated rings. The molecule has 1 N–H and O–H groups in total. The second-order valence-corrected chi connectivity index (χ2v) is 8.08. The summed E-state index contributed by atoms with van der Waals surface area (Å²) in [5.41, 5.74) is 4.23. The standard InChI is InChI=1S/C22H20ClN5O2S/c1-3-14-4-6-15(7-5-14)17-9-11-20-25-26-22(28(20)27-17)31-13-21(29)24-18-12-16(23)8-10-19(18)30-2/h4-12H,3,13H2,1-2H3,(H,24,29). The summed E-state index contributed by atoms with van der Waals surface area (Å²) in [4.78, 5) is 12.5. The van der Waals surface area contributed by atoms with Crippen LogP contribution in [0.4, 0.5) is 5.69 Å². The van der Waals surface area contributed by atoms with Gasteiger partial charge >= 0.3 is 0 Å². The molecule has 0 aliphatic rings. The van der Waals surface area contributed by atoms with Crippen LogP contribution in [0.3, 0.4) is 0 Å². The predicted octanol–water partition coefficient (Wildman–Crippen LogP) is 4.75. The van der Waals surface area contributed by atoms with E-state index in [0.717, 1.165) is 17.7 Å². The van der Waals surface area contributed by atoms with Gasteiger partial charge in [0.05, 0.1) is 24.2 Å². The number of hydrogen-bond acceptors (Lipinski definition) is 6. The topological polar surface area (TPSA) is 81.4 Å². The molecule has 0 bridgehead atoms. The number of thioether (sulfide) groups is 1. The third kappa shape index (κ3) is 4.81. The molecule has 1 amide bonds. The molecule has 0 radical (unpaired) electrons. The van der Waals surface area contributed by atoms with Crippen LogP contribution in [0.5, 0.6) is 5.75 Å². The predicted molar refractivity (Wildman–Crippen MR) is 123 cm³/mol. The summed E-state index contributed by atoms with van der Waals surface area (Å²) in [6.07, 6.45) is 0.988. The van der Waals surface area contributed by atoms with Crippen LogP contribution in [-0.4, -0.2) is 38.6 Å². The summed E-state index contributed by atoms with van der Waals surface area (Å²) < 4.78 is 6.92. The van der Waals surface area contributed by atoms with Crippen LogP contribution in [0, 0.1) is 0 Å². The number of aromatic nitrogens is 4. The molecule has 4 aromatic rings. The normalized spacial score (nSPS) is 10.9. The fourth-order valence-electron chi connectivity index (χ4n) is 3.02. The van der Waals surface area contributed by atoms with Gasteiger partial charge in [-0.1, -0.05) is 54.6 Å². The average Bonchev–Trinajstić information content (AvgIpc) is 3.20. The number of ether oxygens (including phenoxy) is 1. The van der Waals surface area contributed by atoms with Gasteiger partial charge < -0.3 is 10.1 Å². The van der Waals surface area contributed by atoms with Crippen molar-refractivity contribution in [2.75, 3.05) is 18.2 Å². The number of nitrogens with one attached hydrogen (secondary N) is 1. The van der Waals surface area contributed by atoms with Crippen molar-refractivity contribution in [1.82, 2.24) is 19.8 Å². The Kier molecular flexibility index (Phi) is 6.39. The molecule has 0 saturated carbocycles. The Morgan fingerprint density at radius 2 is 1.94 bits per heavy atom. The van der Waals surface area contributed by atoms with Crippen LogP contribution >= 0.6 is 23.4 Å². The van der Waals surface area contributed by atoms with Gasteiger partial charge in [-0.3, -0.25) is 4.79 Å². The van der Waals surface area contributed by atoms with Gasteiger partial charge in [-0.15, -0.1) is 10.2 Å². The van der Waals surface area contributed by atoms with Gasteiger partial charge in [0.1, 0.15) is 5.75 Å². The van der Waals surface area contributed by atoms with Crippen LogP contribution in [-0.2, 0) is 11.2 Å². The molecular weight excluding hydrogens is 434 g/mol. The maximum atomic E-state index is 12.5. The van der Waals surface area contributed by atoms with Gasteiger partial charge in [0.25, 0.3) is 0 Å². The van der Waals surface area contributed by atoms with E-state index in [4.69, 9.17) is 16.3 Å². The molecule has 158 valence electrons. The minimum absolute atomic E-state index is 0.133. The van der Waals surface area contributed by atoms with Crippen molar-refractivity contribution in [2.45, 2.75) is 18.5 Å². The van der Waals surface area contributed by atoms with E-state index < -0.39 is 0 Å². The smallest absolute Gasteiger partial charge is 0.234 e. The van der Waals surface area contributed by atoms with E-state index in [1.165, 1.54) is 24.4 Å². The second-order valence-electron chi connectivity index (χ2n) is 6.70. The van der Waals surface area contributed by atoms with E-state index in [-0.39, 0.29) is 11.7 Å². The second kappa shape index (κ2) is 9.36. The molecule has 0 saturated heterocycles. The molecule has 0 unspecified atom stereocenters. The van der Waals surface area contributed by atoms with Crippen molar-refractivity contribution in [3.05, 3.63) is 65.2 Å². The van der Waals surface area contributed by atoms with Gasteiger partial charge in [-0.2, -0.15) is 9.61 Å². The largest absolute Gasteiger partial charge is 0.495 e. The third-order valence-electron chi connectivity index (χ3n) is 4.66. The van der Waals surface area contributed by atoms with E-state index in [0.29, 0.717) is 27.3 Å². The number of fused-ring (bicyclic) bond motifs is 1. The van der Waals surface area contributed by atoms with Crippen LogP contribution in [0.25, 0.3) is 16.9 Å². The molecule has 2 heterocycles. The highest BCUT2D eigenvalue weighted by Gasteiger charge is 2.13. The number of benzene rings is 2. The van der Waals surface area contributed by atoms with E-state index in [1.807, 2.05) is 12.1 Å². The summed E-state index contributed by atoms with van der Waals surface area (Å²) >= 11 is 7.27. The first-order chi connectivity index (χ1) is 15.1. The lowest BCUT2D eigenvalue weighted by Gasteiger charge is -2.10. The molecule has 0 aliphatic heterocycles. The average molecular weight is 454 g/mol. The Bertz CT molecular complexity index is 1230. The van der Waals surface area contributed by atoms with E-state index >= 15 is 0 Å². The van der Waals surface area contributed by atoms with Crippen molar-refractivity contribution in [3.63, 3.8) is 0 Å². The first kappa shape index (κ1) is 21.1. The number of aryl methyl sites for hydroxylation is 1. The third-order valence-corrected chi connectivity index (χ3v) is 5.81. The van der Waals surface area contributed by atoms with Crippen molar-refractivity contribution >= 4 is 40.6 Å². The molecule has 31 heavy (non-hydrogen) atoms. The molecule has 0 aliphatic carbocycles. The number of nitrogens with zero attached hydrogens (tertiary/aromatic N) is 4. The number of rotatable bonds is 7. The Labute approximate surface area is 188 Å². The van der Waals surface area contributed by atoms with Crippen molar-refractivity contribution in [2.24, 2.45) is 0 Å². The minimum Gasteiger partial charge on any atom is -0.495 e. The van der Waals surface area contributed by atoms with Gasteiger partial charge in [0.15, 0.2) is 5.65 Å². The molecule has 2 aromatic carbocycles. The van der Waals surface area contributed by atoms with Crippen molar-refractivity contribution in [3.8, 4) is 17.0 Å². The van der Waals surface area contributed by atoms with Gasteiger partial charge in [-0.25, -0.2) is 0 Å². The zero-order chi connectivity index (χ0) is 21.8. The van der Waals surface area contributed by atoms with E-state index in [9.17, 15) is 4.79 Å². The first-order valence-corrected chi connectivity index (χ1v) is 11.0. The summed E-state index contributed by atoms with van der Waals surface area (Å²) in [5, 5.41) is 16.8. The highest BCUT2D eigenvalue weighted by molar-refractivity contribution is 7.99. The molecule has 7 nitrogen and oxygen atoms in total. The number of carbonyl (C=O) groups is 1. The number of anilines is 1. The molecule has 4 rings (SSSR count). The summed E-state index contributed by atoms with van der Waals surface area (Å²) in [6, 6.07) is 17.1. The zero-order valence-electron chi connectivity index (χ0n) is 17.0. The number of hydrogen-bond donors (Lipinski definition) is 1. The fourth-order valence-corrected chi connectivity index (χ4v) is 3.88. The Morgan fingerprint density at radius 1 is 1.13 bits per heavy atom. The summed E-state index contributed by atoms with van der Waals surface area (Å²) in [7, 11) is 1.54. The molecular formula is C22H20ClN5O2S. The van der Waals surface area contributed by atoms with Crippen molar-refractivity contribution in [1.29, 1.82) is 0 Å². The number of halogens is 1. The Balaban J connectivity index is 1.49. The van der Waals surface area contributed by atoms with E-state index in [2.05, 4.69) is 51.8 Å². The summed E-state index contributed by atoms with van der Waals surface area (Å²) in [6.45, 7) is 2.12. The maximum absolute atomic E-state index is 12.5. The Hall–Kier alpha value is -3.10. The molecule has 9 heteroatoms. The number of methoxy groups -OCH3 is 1. The lowest BCUT2D eigenvalue weighted by atomic mass is 10.1. The quantitative estimate of drug-likeness (QED) is 0.407. The first-order valence-electron chi connectivity index (χ1n) is 9.65.